The maximum Gasteiger partial charge on any atom is 0.144 e. The van der Waals surface area contributed by atoms with Crippen LogP contribution in [0.2, 0.25) is 0 Å². The molecule has 4 aliphatic rings. The Morgan fingerprint density at radius 2 is 2.00 bits per heavy atom. The Labute approximate surface area is 86.3 Å². The molecule has 0 saturated heterocycles. The van der Waals surface area contributed by atoms with Crippen molar-refractivity contribution in [1.82, 2.24) is 0 Å². The molecule has 0 spiro atoms. The molecule has 0 amide bonds. The Bertz CT molecular complexity index is 308. The van der Waals surface area contributed by atoms with E-state index in [-0.39, 0.29) is 10.8 Å². The van der Waals surface area contributed by atoms with Crippen LogP contribution in [0, 0.1) is 28.6 Å². The highest BCUT2D eigenvalue weighted by Gasteiger charge is 2.65. The summed E-state index contributed by atoms with van der Waals surface area (Å²) in [5.41, 5.74) is 0.119. The first kappa shape index (κ1) is 8.94. The molecule has 5 atom stereocenters. The van der Waals surface area contributed by atoms with Crippen molar-refractivity contribution in [1.29, 1.82) is 0 Å². The van der Waals surface area contributed by atoms with Crippen molar-refractivity contribution in [3.63, 3.8) is 0 Å². The van der Waals surface area contributed by atoms with E-state index in [0.717, 1.165) is 30.6 Å². The average Bonchev–Trinajstić information content (AvgIpc) is 2.34. The van der Waals surface area contributed by atoms with Gasteiger partial charge in [0.2, 0.25) is 0 Å². The second-order valence-corrected chi connectivity index (χ2v) is 6.50. The fourth-order valence-corrected chi connectivity index (χ4v) is 4.97. The van der Waals surface area contributed by atoms with Crippen LogP contribution >= 0.6 is 0 Å². The fraction of sp³-hybridized carbons (Fsp3) is 0.923. The van der Waals surface area contributed by atoms with Crippen molar-refractivity contribution in [3.05, 3.63) is 0 Å². The highest BCUT2D eigenvalue weighted by atomic mass is 16.1. The molecule has 0 aromatic rings. The predicted octanol–water partition coefficient (Wildman–Crippen LogP) is 3.04. The zero-order valence-corrected chi connectivity index (χ0v) is 9.47. The third-order valence-corrected chi connectivity index (χ3v) is 5.57. The standard InChI is InChI=1S/C13H20O/c1-8-6-13(3)10-4-5-12(2,11(13)14)7-9(8)10/h8-10H,4-7H2,1-3H3. The van der Waals surface area contributed by atoms with Gasteiger partial charge in [0.15, 0.2) is 0 Å². The number of carbonyl (C=O) groups excluding carboxylic acids is 1. The van der Waals surface area contributed by atoms with E-state index in [9.17, 15) is 4.79 Å². The lowest BCUT2D eigenvalue weighted by Crippen LogP contribution is -2.53. The van der Waals surface area contributed by atoms with Gasteiger partial charge < -0.3 is 0 Å². The monoisotopic (exact) mass is 192 g/mol. The van der Waals surface area contributed by atoms with Crippen molar-refractivity contribution in [2.75, 3.05) is 0 Å². The summed E-state index contributed by atoms with van der Waals surface area (Å²) in [4.78, 5) is 12.4. The third kappa shape index (κ3) is 0.765. The molecule has 4 aliphatic carbocycles. The largest absolute Gasteiger partial charge is 0.298 e. The molecular weight excluding hydrogens is 172 g/mol. The van der Waals surface area contributed by atoms with Crippen LogP contribution in [0.1, 0.15) is 46.5 Å². The molecule has 0 aromatic heterocycles. The van der Waals surface area contributed by atoms with E-state index in [1.165, 1.54) is 12.8 Å². The minimum absolute atomic E-state index is 0.0545. The number of hydrogen-bond acceptors (Lipinski definition) is 1. The van der Waals surface area contributed by atoms with Crippen LogP contribution in [0.25, 0.3) is 0 Å². The van der Waals surface area contributed by atoms with Gasteiger partial charge in [-0.15, -0.1) is 0 Å². The Morgan fingerprint density at radius 1 is 1.29 bits per heavy atom. The Balaban J connectivity index is 2.13. The summed E-state index contributed by atoms with van der Waals surface area (Å²) in [6, 6.07) is 0. The fourth-order valence-electron chi connectivity index (χ4n) is 4.97. The van der Waals surface area contributed by atoms with Crippen LogP contribution in [0.3, 0.4) is 0 Å². The van der Waals surface area contributed by atoms with Crippen molar-refractivity contribution in [2.24, 2.45) is 28.6 Å². The van der Waals surface area contributed by atoms with E-state index < -0.39 is 0 Å². The number of carbonyl (C=O) groups is 1. The van der Waals surface area contributed by atoms with Gasteiger partial charge in [-0.05, 0) is 43.4 Å². The molecule has 4 bridgehead atoms. The molecule has 5 unspecified atom stereocenters. The van der Waals surface area contributed by atoms with Gasteiger partial charge in [0.1, 0.15) is 5.78 Å². The topological polar surface area (TPSA) is 17.1 Å². The molecule has 78 valence electrons. The van der Waals surface area contributed by atoms with Gasteiger partial charge in [0, 0.05) is 10.8 Å². The SMILES string of the molecule is CC1CC2(C)C(=O)C3(C)CCC2C1C3. The lowest BCUT2D eigenvalue weighted by molar-refractivity contribution is -0.153. The summed E-state index contributed by atoms with van der Waals surface area (Å²) >= 11 is 0. The van der Waals surface area contributed by atoms with E-state index in [1.54, 1.807) is 0 Å². The van der Waals surface area contributed by atoms with Gasteiger partial charge >= 0.3 is 0 Å². The molecule has 4 saturated carbocycles. The maximum atomic E-state index is 12.4. The maximum absolute atomic E-state index is 12.4. The molecule has 14 heavy (non-hydrogen) atoms. The van der Waals surface area contributed by atoms with Gasteiger partial charge in [0.05, 0.1) is 0 Å². The quantitative estimate of drug-likeness (QED) is 0.576. The zero-order valence-electron chi connectivity index (χ0n) is 9.47. The molecule has 0 N–H and O–H groups in total. The van der Waals surface area contributed by atoms with Crippen molar-refractivity contribution < 1.29 is 4.79 Å². The van der Waals surface area contributed by atoms with Gasteiger partial charge in [-0.3, -0.25) is 4.79 Å². The van der Waals surface area contributed by atoms with Crippen LogP contribution in [0.5, 0.6) is 0 Å². The molecular formula is C13H20O. The van der Waals surface area contributed by atoms with Gasteiger partial charge in [-0.2, -0.15) is 0 Å². The molecule has 1 nitrogen and oxygen atoms in total. The Hall–Kier alpha value is -0.330. The summed E-state index contributed by atoms with van der Waals surface area (Å²) in [5.74, 6) is 2.97. The Morgan fingerprint density at radius 3 is 2.71 bits per heavy atom. The van der Waals surface area contributed by atoms with E-state index in [1.807, 2.05) is 0 Å². The van der Waals surface area contributed by atoms with E-state index in [0.29, 0.717) is 5.78 Å². The number of Topliss-reactive ketones (excluding diaryl/α,β-unsaturated/α-hetero) is 1. The van der Waals surface area contributed by atoms with Crippen LogP contribution in [0.15, 0.2) is 0 Å². The molecule has 4 fully saturated rings. The predicted molar refractivity (Wildman–Crippen MR) is 55.8 cm³/mol. The van der Waals surface area contributed by atoms with Crippen LogP contribution in [-0.4, -0.2) is 5.78 Å². The minimum atomic E-state index is 0.0545. The van der Waals surface area contributed by atoms with E-state index in [4.69, 9.17) is 0 Å². The summed E-state index contributed by atoms with van der Waals surface area (Å²) in [7, 11) is 0. The molecule has 0 aliphatic heterocycles. The molecule has 0 radical (unpaired) electrons. The van der Waals surface area contributed by atoms with Crippen LogP contribution in [0.4, 0.5) is 0 Å². The summed E-state index contributed by atoms with van der Waals surface area (Å²) in [6.45, 7) is 6.81. The lowest BCUT2D eigenvalue weighted by atomic mass is 9.50. The van der Waals surface area contributed by atoms with Crippen LogP contribution < -0.4 is 0 Å². The second kappa shape index (κ2) is 2.25. The van der Waals surface area contributed by atoms with Crippen molar-refractivity contribution in [2.45, 2.75) is 46.5 Å². The lowest BCUT2D eigenvalue weighted by Gasteiger charge is -2.52. The van der Waals surface area contributed by atoms with Crippen LogP contribution in [-0.2, 0) is 4.79 Å². The number of hydrogen-bond donors (Lipinski definition) is 0. The van der Waals surface area contributed by atoms with E-state index >= 15 is 0 Å². The normalized spacial score (nSPS) is 60.8. The average molecular weight is 192 g/mol. The second-order valence-electron chi connectivity index (χ2n) is 6.50. The number of fused-ring (bicyclic) bond motifs is 1. The first-order valence-electron chi connectivity index (χ1n) is 6.02. The minimum Gasteiger partial charge on any atom is -0.298 e. The molecule has 4 rings (SSSR count). The molecule has 0 heterocycles. The van der Waals surface area contributed by atoms with E-state index in [2.05, 4.69) is 20.8 Å². The van der Waals surface area contributed by atoms with Gasteiger partial charge in [-0.25, -0.2) is 0 Å². The first-order chi connectivity index (χ1) is 6.47. The highest BCUT2D eigenvalue weighted by molar-refractivity contribution is 5.92. The van der Waals surface area contributed by atoms with Crippen molar-refractivity contribution in [3.8, 4) is 0 Å². The zero-order chi connectivity index (χ0) is 10.1. The summed E-state index contributed by atoms with van der Waals surface area (Å²) < 4.78 is 0. The highest BCUT2D eigenvalue weighted by Crippen LogP contribution is 2.67. The first-order valence-corrected chi connectivity index (χ1v) is 6.02. The number of rotatable bonds is 0. The number of ketones is 1. The van der Waals surface area contributed by atoms with Gasteiger partial charge in [-0.1, -0.05) is 20.8 Å². The summed E-state index contributed by atoms with van der Waals surface area (Å²) in [5, 5.41) is 0. The molecule has 0 aromatic carbocycles. The summed E-state index contributed by atoms with van der Waals surface area (Å²) in [6.07, 6.45) is 4.83. The van der Waals surface area contributed by atoms with Crippen molar-refractivity contribution >= 4 is 5.78 Å². The third-order valence-electron chi connectivity index (χ3n) is 5.57. The smallest absolute Gasteiger partial charge is 0.144 e. The Kier molecular flexibility index (Phi) is 1.44. The van der Waals surface area contributed by atoms with Gasteiger partial charge in [0.25, 0.3) is 0 Å². The molecule has 1 heteroatoms.